The second kappa shape index (κ2) is 8.95. The van der Waals surface area contributed by atoms with Gasteiger partial charge in [-0.3, -0.25) is 14.5 Å². The summed E-state index contributed by atoms with van der Waals surface area (Å²) in [5.74, 6) is -0.641. The van der Waals surface area contributed by atoms with E-state index in [0.717, 1.165) is 37.4 Å². The highest BCUT2D eigenvalue weighted by Crippen LogP contribution is 2.21. The lowest BCUT2D eigenvalue weighted by atomic mass is 10.1. The monoisotopic (exact) mass is 401 g/mol. The normalized spacial score (nSPS) is 13.2. The van der Waals surface area contributed by atoms with Crippen LogP contribution in [-0.2, 0) is 19.6 Å². The first-order valence-electron chi connectivity index (χ1n) is 8.96. The van der Waals surface area contributed by atoms with Crippen molar-refractivity contribution >= 4 is 18.3 Å². The standard InChI is InChI=1S/C20H20FN5O.ClH/c21-18-6-2-8-23-19(18)14-4-1-5-15(10-14)20(27)24-12-16-11-17-13-22-7-3-9-26(17)25-16;/h1-2,4-6,8,10-11,22H,3,7,9,12-13H2,(H,24,27);1H. The van der Waals surface area contributed by atoms with E-state index in [4.69, 9.17) is 0 Å². The summed E-state index contributed by atoms with van der Waals surface area (Å²) < 4.78 is 15.9. The zero-order chi connectivity index (χ0) is 18.6. The van der Waals surface area contributed by atoms with Crippen molar-refractivity contribution < 1.29 is 9.18 Å². The number of nitrogens with zero attached hydrogens (tertiary/aromatic N) is 3. The third-order valence-corrected chi connectivity index (χ3v) is 4.53. The molecule has 0 spiro atoms. The Morgan fingerprint density at radius 3 is 3.00 bits per heavy atom. The van der Waals surface area contributed by atoms with Crippen LogP contribution in [0.3, 0.4) is 0 Å². The van der Waals surface area contributed by atoms with Crippen LogP contribution in [0.15, 0.2) is 48.7 Å². The van der Waals surface area contributed by atoms with Crippen molar-refractivity contribution in [3.05, 3.63) is 71.4 Å². The minimum atomic E-state index is -0.414. The first-order valence-corrected chi connectivity index (χ1v) is 8.96. The number of benzene rings is 1. The molecule has 8 heteroatoms. The average molecular weight is 402 g/mol. The van der Waals surface area contributed by atoms with E-state index in [1.54, 1.807) is 24.3 Å². The Kier molecular flexibility index (Phi) is 6.38. The Morgan fingerprint density at radius 1 is 1.25 bits per heavy atom. The van der Waals surface area contributed by atoms with Gasteiger partial charge in [0.05, 0.1) is 17.9 Å². The van der Waals surface area contributed by atoms with E-state index >= 15 is 0 Å². The van der Waals surface area contributed by atoms with Crippen molar-refractivity contribution in [2.24, 2.45) is 0 Å². The molecule has 4 rings (SSSR count). The number of rotatable bonds is 4. The van der Waals surface area contributed by atoms with Crippen LogP contribution in [0.1, 0.15) is 28.2 Å². The highest BCUT2D eigenvalue weighted by atomic mass is 35.5. The zero-order valence-corrected chi connectivity index (χ0v) is 16.0. The molecule has 0 aliphatic carbocycles. The molecule has 6 nitrogen and oxygen atoms in total. The molecule has 146 valence electrons. The van der Waals surface area contributed by atoms with Gasteiger partial charge in [-0.1, -0.05) is 12.1 Å². The predicted octanol–water partition coefficient (Wildman–Crippen LogP) is 2.93. The van der Waals surface area contributed by atoms with Crippen LogP contribution in [0.2, 0.25) is 0 Å². The maximum absolute atomic E-state index is 13.9. The quantitative estimate of drug-likeness (QED) is 0.705. The number of fused-ring (bicyclic) bond motifs is 1. The van der Waals surface area contributed by atoms with Crippen LogP contribution in [0, 0.1) is 5.82 Å². The second-order valence-electron chi connectivity index (χ2n) is 6.48. The topological polar surface area (TPSA) is 71.8 Å². The second-order valence-corrected chi connectivity index (χ2v) is 6.48. The van der Waals surface area contributed by atoms with E-state index in [0.29, 0.717) is 17.7 Å². The van der Waals surface area contributed by atoms with E-state index in [-0.39, 0.29) is 24.0 Å². The van der Waals surface area contributed by atoms with Gasteiger partial charge in [0.2, 0.25) is 0 Å². The lowest BCUT2D eigenvalue weighted by Gasteiger charge is -2.07. The molecule has 0 atom stereocenters. The van der Waals surface area contributed by atoms with Gasteiger partial charge in [0.15, 0.2) is 0 Å². The van der Waals surface area contributed by atoms with Gasteiger partial charge in [-0.25, -0.2) is 4.39 Å². The van der Waals surface area contributed by atoms with Crippen LogP contribution in [0.4, 0.5) is 4.39 Å². The summed E-state index contributed by atoms with van der Waals surface area (Å²) in [4.78, 5) is 16.6. The Labute approximate surface area is 168 Å². The van der Waals surface area contributed by atoms with Crippen molar-refractivity contribution in [3.8, 4) is 11.3 Å². The fourth-order valence-corrected chi connectivity index (χ4v) is 3.19. The van der Waals surface area contributed by atoms with E-state index in [1.807, 2.05) is 10.7 Å². The Bertz CT molecular complexity index is 951. The number of carbonyl (C=O) groups excluding carboxylic acids is 1. The molecule has 1 amide bonds. The smallest absolute Gasteiger partial charge is 0.251 e. The molecular weight excluding hydrogens is 381 g/mol. The number of halogens is 2. The molecule has 0 fully saturated rings. The Balaban J connectivity index is 0.00000225. The molecule has 2 N–H and O–H groups in total. The Hall–Kier alpha value is -2.77. The molecule has 1 aliphatic heterocycles. The van der Waals surface area contributed by atoms with Gasteiger partial charge in [0.1, 0.15) is 11.5 Å². The van der Waals surface area contributed by atoms with Gasteiger partial charge < -0.3 is 10.6 Å². The van der Waals surface area contributed by atoms with Crippen molar-refractivity contribution in [1.29, 1.82) is 0 Å². The van der Waals surface area contributed by atoms with Crippen molar-refractivity contribution in [3.63, 3.8) is 0 Å². The van der Waals surface area contributed by atoms with E-state index < -0.39 is 5.82 Å². The molecule has 3 aromatic rings. The molecule has 0 bridgehead atoms. The lowest BCUT2D eigenvalue weighted by molar-refractivity contribution is 0.0950. The fraction of sp³-hybridized carbons (Fsp3) is 0.250. The number of nitrogens with one attached hydrogen (secondary N) is 2. The van der Waals surface area contributed by atoms with E-state index in [2.05, 4.69) is 20.7 Å². The van der Waals surface area contributed by atoms with E-state index in [1.165, 1.54) is 18.3 Å². The highest BCUT2D eigenvalue weighted by Gasteiger charge is 2.13. The molecule has 0 unspecified atom stereocenters. The van der Waals surface area contributed by atoms with Gasteiger partial charge in [0.25, 0.3) is 5.91 Å². The van der Waals surface area contributed by atoms with Crippen molar-refractivity contribution in [1.82, 2.24) is 25.4 Å². The van der Waals surface area contributed by atoms with Crippen LogP contribution >= 0.6 is 12.4 Å². The molecule has 1 aromatic carbocycles. The van der Waals surface area contributed by atoms with Gasteiger partial charge in [0, 0.05) is 30.4 Å². The zero-order valence-electron chi connectivity index (χ0n) is 15.2. The minimum Gasteiger partial charge on any atom is -0.346 e. The number of carbonyl (C=O) groups is 1. The largest absolute Gasteiger partial charge is 0.346 e. The Morgan fingerprint density at radius 2 is 2.14 bits per heavy atom. The molecule has 3 heterocycles. The summed E-state index contributed by atoms with van der Waals surface area (Å²) >= 11 is 0. The molecular formula is C20H21ClFN5O. The summed E-state index contributed by atoms with van der Waals surface area (Å²) in [6, 6.07) is 11.7. The van der Waals surface area contributed by atoms with Crippen LogP contribution in [0.5, 0.6) is 0 Å². The van der Waals surface area contributed by atoms with Crippen molar-refractivity contribution in [2.75, 3.05) is 6.54 Å². The number of hydrogen-bond donors (Lipinski definition) is 2. The highest BCUT2D eigenvalue weighted by molar-refractivity contribution is 5.95. The van der Waals surface area contributed by atoms with Gasteiger partial charge >= 0.3 is 0 Å². The minimum absolute atomic E-state index is 0. The maximum atomic E-state index is 13.9. The fourth-order valence-electron chi connectivity index (χ4n) is 3.19. The average Bonchev–Trinajstić information content (AvgIpc) is 2.95. The maximum Gasteiger partial charge on any atom is 0.251 e. The third-order valence-electron chi connectivity index (χ3n) is 4.53. The SMILES string of the molecule is Cl.O=C(NCc1cc2n(n1)CCCNC2)c1cccc(-c2ncccc2F)c1. The first-order chi connectivity index (χ1) is 13.2. The number of hydrogen-bond acceptors (Lipinski definition) is 4. The summed E-state index contributed by atoms with van der Waals surface area (Å²) in [5, 5.41) is 10.8. The molecule has 2 aromatic heterocycles. The van der Waals surface area contributed by atoms with E-state index in [9.17, 15) is 9.18 Å². The summed E-state index contributed by atoms with van der Waals surface area (Å²) in [6.07, 6.45) is 2.57. The van der Waals surface area contributed by atoms with Crippen molar-refractivity contribution in [2.45, 2.75) is 26.1 Å². The number of pyridine rings is 1. The number of amides is 1. The molecule has 0 saturated heterocycles. The van der Waals surface area contributed by atoms with Crippen LogP contribution in [0.25, 0.3) is 11.3 Å². The number of aromatic nitrogens is 3. The van der Waals surface area contributed by atoms with Crippen LogP contribution in [-0.4, -0.2) is 27.2 Å². The summed E-state index contributed by atoms with van der Waals surface area (Å²) in [7, 11) is 0. The lowest BCUT2D eigenvalue weighted by Crippen LogP contribution is -2.23. The summed E-state index contributed by atoms with van der Waals surface area (Å²) in [6.45, 7) is 3.01. The molecule has 0 saturated carbocycles. The van der Waals surface area contributed by atoms with Crippen LogP contribution < -0.4 is 10.6 Å². The first kappa shape index (κ1) is 20.0. The van der Waals surface area contributed by atoms with Gasteiger partial charge in [-0.2, -0.15) is 5.10 Å². The number of aryl methyl sites for hydroxylation is 1. The molecule has 28 heavy (non-hydrogen) atoms. The van der Waals surface area contributed by atoms with Gasteiger partial charge in [-0.15, -0.1) is 12.4 Å². The molecule has 1 aliphatic rings. The predicted molar refractivity (Wildman–Crippen MR) is 107 cm³/mol. The summed E-state index contributed by atoms with van der Waals surface area (Å²) in [5.41, 5.74) is 3.22. The third kappa shape index (κ3) is 4.37. The van der Waals surface area contributed by atoms with Gasteiger partial charge in [-0.05, 0) is 43.3 Å². The molecule has 0 radical (unpaired) electrons.